The molecular formula is C16H16O7. The molecule has 0 aliphatic heterocycles. The Morgan fingerprint density at radius 1 is 1.13 bits per heavy atom. The van der Waals surface area contributed by atoms with Crippen LogP contribution >= 0.6 is 0 Å². The van der Waals surface area contributed by atoms with Gasteiger partial charge in [-0.15, -0.1) is 0 Å². The molecule has 7 heteroatoms. The molecule has 0 saturated carbocycles. The van der Waals surface area contributed by atoms with E-state index in [1.54, 1.807) is 18.2 Å². The molecule has 0 fully saturated rings. The van der Waals surface area contributed by atoms with Crippen LogP contribution in [0, 0.1) is 0 Å². The summed E-state index contributed by atoms with van der Waals surface area (Å²) in [6, 6.07) is 7.65. The third kappa shape index (κ3) is 3.63. The van der Waals surface area contributed by atoms with Gasteiger partial charge in [-0.05, 0) is 30.2 Å². The van der Waals surface area contributed by atoms with Crippen molar-refractivity contribution >= 4 is 11.9 Å². The number of rotatable bonds is 7. The van der Waals surface area contributed by atoms with E-state index in [0.717, 1.165) is 0 Å². The third-order valence-corrected chi connectivity index (χ3v) is 3.40. The van der Waals surface area contributed by atoms with E-state index < -0.39 is 17.9 Å². The normalized spacial score (nSPS) is 11.7. The molecule has 2 rings (SSSR count). The van der Waals surface area contributed by atoms with Gasteiger partial charge in [0.05, 0.1) is 14.2 Å². The van der Waals surface area contributed by atoms with Crippen LogP contribution < -0.4 is 9.47 Å². The zero-order valence-electron chi connectivity index (χ0n) is 12.6. The molecule has 1 aromatic heterocycles. The van der Waals surface area contributed by atoms with Crippen molar-refractivity contribution in [2.24, 2.45) is 0 Å². The first-order valence-electron chi connectivity index (χ1n) is 6.73. The SMILES string of the molecule is COc1ccc(CC(C(=O)O)c2ccc(C(=O)O)o2)c(OC)c1. The van der Waals surface area contributed by atoms with Crippen molar-refractivity contribution in [2.45, 2.75) is 12.3 Å². The highest BCUT2D eigenvalue weighted by atomic mass is 16.5. The van der Waals surface area contributed by atoms with Crippen molar-refractivity contribution in [3.8, 4) is 11.5 Å². The lowest BCUT2D eigenvalue weighted by molar-refractivity contribution is -0.139. The molecule has 1 unspecified atom stereocenters. The maximum absolute atomic E-state index is 11.5. The van der Waals surface area contributed by atoms with Gasteiger partial charge in [0.15, 0.2) is 0 Å². The lowest BCUT2D eigenvalue weighted by Crippen LogP contribution is -2.14. The van der Waals surface area contributed by atoms with Crippen molar-refractivity contribution in [2.75, 3.05) is 14.2 Å². The van der Waals surface area contributed by atoms with Gasteiger partial charge in [0.2, 0.25) is 5.76 Å². The minimum absolute atomic E-state index is 0.0766. The second-order valence-corrected chi connectivity index (χ2v) is 4.78. The van der Waals surface area contributed by atoms with Gasteiger partial charge in [0.1, 0.15) is 23.2 Å². The van der Waals surface area contributed by atoms with Crippen LogP contribution in [0.1, 0.15) is 27.8 Å². The predicted octanol–water partition coefficient (Wildman–Crippen LogP) is 2.41. The molecular weight excluding hydrogens is 304 g/mol. The van der Waals surface area contributed by atoms with Gasteiger partial charge in [-0.25, -0.2) is 4.79 Å². The molecule has 0 radical (unpaired) electrons. The lowest BCUT2D eigenvalue weighted by atomic mass is 9.96. The van der Waals surface area contributed by atoms with Gasteiger partial charge in [0, 0.05) is 6.07 Å². The summed E-state index contributed by atoms with van der Waals surface area (Å²) >= 11 is 0. The minimum Gasteiger partial charge on any atom is -0.497 e. The van der Waals surface area contributed by atoms with Crippen molar-refractivity contribution in [1.82, 2.24) is 0 Å². The summed E-state index contributed by atoms with van der Waals surface area (Å²) in [5, 5.41) is 18.3. The summed E-state index contributed by atoms with van der Waals surface area (Å²) in [6.07, 6.45) is 0.0923. The quantitative estimate of drug-likeness (QED) is 0.806. The van der Waals surface area contributed by atoms with E-state index in [1.807, 2.05) is 0 Å². The molecule has 1 atom stereocenters. The van der Waals surface area contributed by atoms with Crippen LogP contribution in [0.15, 0.2) is 34.7 Å². The fourth-order valence-corrected chi connectivity index (χ4v) is 2.21. The molecule has 0 aliphatic rings. The van der Waals surface area contributed by atoms with E-state index in [9.17, 15) is 14.7 Å². The van der Waals surface area contributed by atoms with Crippen molar-refractivity contribution in [1.29, 1.82) is 0 Å². The first-order chi connectivity index (χ1) is 11.0. The summed E-state index contributed by atoms with van der Waals surface area (Å²) in [5.41, 5.74) is 0.647. The average molecular weight is 320 g/mol. The summed E-state index contributed by atoms with van der Waals surface area (Å²) in [5.74, 6) is -2.54. The Hall–Kier alpha value is -2.96. The first kappa shape index (κ1) is 16.4. The zero-order valence-corrected chi connectivity index (χ0v) is 12.6. The van der Waals surface area contributed by atoms with Crippen LogP contribution in [0.5, 0.6) is 11.5 Å². The Labute approximate surface area is 132 Å². The van der Waals surface area contributed by atoms with Crippen LogP contribution in [-0.4, -0.2) is 36.4 Å². The molecule has 1 aromatic carbocycles. The number of ether oxygens (including phenoxy) is 2. The molecule has 0 spiro atoms. The molecule has 7 nitrogen and oxygen atoms in total. The number of aromatic carboxylic acids is 1. The molecule has 0 saturated heterocycles. The molecule has 23 heavy (non-hydrogen) atoms. The lowest BCUT2D eigenvalue weighted by Gasteiger charge is -2.14. The van der Waals surface area contributed by atoms with Crippen molar-refractivity contribution in [3.63, 3.8) is 0 Å². The largest absolute Gasteiger partial charge is 0.497 e. The third-order valence-electron chi connectivity index (χ3n) is 3.40. The number of benzene rings is 1. The van der Waals surface area contributed by atoms with E-state index in [0.29, 0.717) is 17.1 Å². The second-order valence-electron chi connectivity index (χ2n) is 4.78. The standard InChI is InChI=1S/C16H16O7/c1-21-10-4-3-9(14(8-10)22-2)7-11(15(17)18)12-5-6-13(23-12)16(19)20/h3-6,8,11H,7H2,1-2H3,(H,17,18)(H,19,20). The fourth-order valence-electron chi connectivity index (χ4n) is 2.21. The van der Waals surface area contributed by atoms with Gasteiger partial charge < -0.3 is 24.1 Å². The number of furan rings is 1. The number of hydrogen-bond acceptors (Lipinski definition) is 5. The molecule has 0 aliphatic carbocycles. The summed E-state index contributed by atoms with van der Waals surface area (Å²) < 4.78 is 15.5. The fraction of sp³-hybridized carbons (Fsp3) is 0.250. The van der Waals surface area contributed by atoms with Crippen LogP contribution in [0.4, 0.5) is 0 Å². The van der Waals surface area contributed by atoms with Gasteiger partial charge in [-0.1, -0.05) is 6.07 Å². The topological polar surface area (TPSA) is 106 Å². The second kappa shape index (κ2) is 6.87. The Balaban J connectivity index is 2.32. The summed E-state index contributed by atoms with van der Waals surface area (Å²) in [4.78, 5) is 22.4. The highest BCUT2D eigenvalue weighted by Gasteiger charge is 2.26. The van der Waals surface area contributed by atoms with E-state index in [-0.39, 0.29) is 17.9 Å². The maximum Gasteiger partial charge on any atom is 0.371 e. The van der Waals surface area contributed by atoms with E-state index in [4.69, 9.17) is 19.0 Å². The minimum atomic E-state index is -1.25. The highest BCUT2D eigenvalue weighted by Crippen LogP contribution is 2.30. The van der Waals surface area contributed by atoms with Gasteiger partial charge in [0.25, 0.3) is 0 Å². The van der Waals surface area contributed by atoms with Crippen LogP contribution in [0.25, 0.3) is 0 Å². The van der Waals surface area contributed by atoms with Crippen molar-refractivity contribution < 1.29 is 33.7 Å². The van der Waals surface area contributed by atoms with E-state index in [1.165, 1.54) is 26.4 Å². The predicted molar refractivity (Wildman–Crippen MR) is 79.3 cm³/mol. The number of carbonyl (C=O) groups is 2. The highest BCUT2D eigenvalue weighted by molar-refractivity contribution is 5.84. The average Bonchev–Trinajstić information content (AvgIpc) is 3.02. The van der Waals surface area contributed by atoms with Crippen LogP contribution in [0.3, 0.4) is 0 Å². The van der Waals surface area contributed by atoms with Crippen molar-refractivity contribution in [3.05, 3.63) is 47.4 Å². The Kier molecular flexibility index (Phi) is 4.90. The smallest absolute Gasteiger partial charge is 0.371 e. The molecule has 2 aromatic rings. The maximum atomic E-state index is 11.5. The monoisotopic (exact) mass is 320 g/mol. The molecule has 0 bridgehead atoms. The number of aliphatic carboxylic acids is 1. The van der Waals surface area contributed by atoms with Gasteiger partial charge in [-0.3, -0.25) is 4.79 Å². The molecule has 1 heterocycles. The Morgan fingerprint density at radius 3 is 2.39 bits per heavy atom. The number of hydrogen-bond donors (Lipinski definition) is 2. The molecule has 0 amide bonds. The zero-order chi connectivity index (χ0) is 17.0. The first-order valence-corrected chi connectivity index (χ1v) is 6.73. The number of carboxylic acid groups (broad SMARTS) is 2. The van der Waals surface area contributed by atoms with E-state index in [2.05, 4.69) is 0 Å². The van der Waals surface area contributed by atoms with Crippen LogP contribution in [-0.2, 0) is 11.2 Å². The van der Waals surface area contributed by atoms with Gasteiger partial charge >= 0.3 is 11.9 Å². The number of carboxylic acids is 2. The summed E-state index contributed by atoms with van der Waals surface area (Å²) in [7, 11) is 2.99. The van der Waals surface area contributed by atoms with E-state index >= 15 is 0 Å². The Bertz CT molecular complexity index is 717. The Morgan fingerprint density at radius 2 is 1.87 bits per heavy atom. The summed E-state index contributed by atoms with van der Waals surface area (Å²) in [6.45, 7) is 0. The molecule has 2 N–H and O–H groups in total. The van der Waals surface area contributed by atoms with Crippen LogP contribution in [0.2, 0.25) is 0 Å². The van der Waals surface area contributed by atoms with Gasteiger partial charge in [-0.2, -0.15) is 0 Å². The number of methoxy groups -OCH3 is 2. The molecule has 122 valence electrons.